The van der Waals surface area contributed by atoms with Crippen molar-refractivity contribution < 1.29 is 19.1 Å². The molecule has 2 aromatic rings. The van der Waals surface area contributed by atoms with Gasteiger partial charge in [0, 0.05) is 6.07 Å². The Morgan fingerprint density at radius 3 is 2.29 bits per heavy atom. The number of nitrogens with zero attached hydrogens (tertiary/aromatic N) is 1. The zero-order chi connectivity index (χ0) is 19.3. The van der Waals surface area contributed by atoms with Gasteiger partial charge in [-0.1, -0.05) is 36.4 Å². The number of hydrogen-bond donors (Lipinski definition) is 0. The van der Waals surface area contributed by atoms with Gasteiger partial charge < -0.3 is 4.74 Å². The highest BCUT2D eigenvalue weighted by Crippen LogP contribution is 2.56. The molecule has 3 fully saturated rings. The predicted molar refractivity (Wildman–Crippen MR) is 103 cm³/mol. The van der Waals surface area contributed by atoms with E-state index < -0.39 is 0 Å². The van der Waals surface area contributed by atoms with Crippen molar-refractivity contribution in [2.24, 2.45) is 23.7 Å². The molecular formula is C23H21NO4. The van der Waals surface area contributed by atoms with Crippen LogP contribution in [0.25, 0.3) is 0 Å². The van der Waals surface area contributed by atoms with Crippen LogP contribution in [0.5, 0.6) is 5.75 Å². The third-order valence-electron chi connectivity index (χ3n) is 6.43. The number of benzene rings is 2. The van der Waals surface area contributed by atoms with Crippen LogP contribution < -0.4 is 9.64 Å². The molecule has 2 amide bonds. The van der Waals surface area contributed by atoms with E-state index in [2.05, 4.69) is 0 Å². The lowest BCUT2D eigenvalue weighted by Gasteiger charge is -2.19. The van der Waals surface area contributed by atoms with E-state index in [9.17, 15) is 14.4 Å². The summed E-state index contributed by atoms with van der Waals surface area (Å²) in [5, 5.41) is 0. The number of carbonyl (C=O) groups is 3. The van der Waals surface area contributed by atoms with Gasteiger partial charge in [-0.15, -0.1) is 0 Å². The maximum Gasteiger partial charge on any atom is 0.315 e. The minimum atomic E-state index is -0.377. The summed E-state index contributed by atoms with van der Waals surface area (Å²) < 4.78 is 5.45. The first-order chi connectivity index (χ1) is 13.6. The minimum absolute atomic E-state index is 0.0880. The van der Waals surface area contributed by atoms with Gasteiger partial charge in [-0.3, -0.25) is 14.4 Å². The summed E-state index contributed by atoms with van der Waals surface area (Å²) in [6.07, 6.45) is 3.28. The molecule has 28 heavy (non-hydrogen) atoms. The number of carbonyl (C=O) groups excluding carboxylic acids is 3. The third kappa shape index (κ3) is 2.73. The fourth-order valence-corrected chi connectivity index (χ4v) is 5.28. The predicted octanol–water partition coefficient (Wildman–Crippen LogP) is 3.37. The van der Waals surface area contributed by atoms with Gasteiger partial charge in [-0.05, 0) is 48.8 Å². The van der Waals surface area contributed by atoms with Crippen molar-refractivity contribution in [2.45, 2.75) is 25.7 Å². The van der Waals surface area contributed by atoms with Crippen LogP contribution in [-0.4, -0.2) is 17.8 Å². The van der Waals surface area contributed by atoms with Crippen molar-refractivity contribution in [3.63, 3.8) is 0 Å². The fraction of sp³-hybridized carbons (Fsp3) is 0.348. The van der Waals surface area contributed by atoms with E-state index in [0.717, 1.165) is 24.8 Å². The molecule has 0 unspecified atom stereocenters. The summed E-state index contributed by atoms with van der Waals surface area (Å²) in [6.45, 7) is 0. The molecule has 0 N–H and O–H groups in total. The molecule has 1 heterocycles. The van der Waals surface area contributed by atoms with Crippen molar-refractivity contribution in [2.75, 3.05) is 4.90 Å². The second-order valence-corrected chi connectivity index (χ2v) is 8.03. The van der Waals surface area contributed by atoms with Crippen molar-refractivity contribution in [3.05, 3.63) is 60.2 Å². The summed E-state index contributed by atoms with van der Waals surface area (Å²) in [6, 6.07) is 16.1. The maximum atomic E-state index is 13.0. The van der Waals surface area contributed by atoms with Gasteiger partial charge in [0.25, 0.3) is 0 Å². The molecule has 0 spiro atoms. The zero-order valence-electron chi connectivity index (χ0n) is 15.4. The van der Waals surface area contributed by atoms with E-state index >= 15 is 0 Å². The second kappa shape index (κ2) is 6.59. The molecule has 5 heteroatoms. The third-order valence-corrected chi connectivity index (χ3v) is 6.43. The highest BCUT2D eigenvalue weighted by Gasteiger charge is 2.61. The first kappa shape index (κ1) is 17.2. The summed E-state index contributed by atoms with van der Waals surface area (Å²) in [5.74, 6) is 0.180. The van der Waals surface area contributed by atoms with E-state index in [0.29, 0.717) is 23.3 Å². The number of esters is 1. The average molecular weight is 375 g/mol. The highest BCUT2D eigenvalue weighted by atomic mass is 16.5. The molecule has 5 nitrogen and oxygen atoms in total. The van der Waals surface area contributed by atoms with Crippen LogP contribution in [0.3, 0.4) is 0 Å². The molecule has 2 aromatic carbocycles. The lowest BCUT2D eigenvalue weighted by molar-refractivity contribution is -0.133. The summed E-state index contributed by atoms with van der Waals surface area (Å²) in [7, 11) is 0. The van der Waals surface area contributed by atoms with Gasteiger partial charge in [-0.2, -0.15) is 0 Å². The van der Waals surface area contributed by atoms with Crippen molar-refractivity contribution in [3.8, 4) is 5.75 Å². The molecular weight excluding hydrogens is 354 g/mol. The normalized spacial score (nSPS) is 27.9. The Labute approximate surface area is 163 Å². The molecule has 3 aliphatic rings. The largest absolute Gasteiger partial charge is 0.426 e. The van der Waals surface area contributed by atoms with E-state index in [-0.39, 0.29) is 36.0 Å². The van der Waals surface area contributed by atoms with E-state index in [1.54, 1.807) is 24.3 Å². The summed E-state index contributed by atoms with van der Waals surface area (Å²) in [4.78, 5) is 39.5. The molecule has 2 bridgehead atoms. The Hall–Kier alpha value is -2.95. The van der Waals surface area contributed by atoms with Gasteiger partial charge in [0.05, 0.1) is 23.9 Å². The smallest absolute Gasteiger partial charge is 0.315 e. The lowest BCUT2D eigenvalue weighted by Crippen LogP contribution is -2.32. The lowest BCUT2D eigenvalue weighted by atomic mass is 9.81. The second-order valence-electron chi connectivity index (χ2n) is 8.03. The Balaban J connectivity index is 1.34. The van der Waals surface area contributed by atoms with E-state index in [1.165, 1.54) is 4.90 Å². The molecule has 2 saturated carbocycles. The number of anilines is 1. The minimum Gasteiger partial charge on any atom is -0.426 e. The number of amides is 2. The first-order valence-corrected chi connectivity index (χ1v) is 9.84. The molecule has 2 aliphatic carbocycles. The number of rotatable bonds is 4. The standard InChI is InChI=1S/C23H21NO4/c25-19(11-14-5-2-1-3-6-14)28-18-8-4-7-17(13-18)24-22(26)20-15-9-10-16(12-15)21(20)23(24)27/h1-8,13,15-16,20-21H,9-12H2/t15-,16-,20-,21-/m0/s1. The van der Waals surface area contributed by atoms with Crippen LogP contribution in [0.1, 0.15) is 24.8 Å². The Morgan fingerprint density at radius 2 is 1.61 bits per heavy atom. The highest BCUT2D eigenvalue weighted by molar-refractivity contribution is 6.22. The van der Waals surface area contributed by atoms with Crippen LogP contribution in [0.4, 0.5) is 5.69 Å². The van der Waals surface area contributed by atoms with E-state index in [4.69, 9.17) is 4.74 Å². The molecule has 0 aromatic heterocycles. The quantitative estimate of drug-likeness (QED) is 0.467. The van der Waals surface area contributed by atoms with Crippen LogP contribution in [0, 0.1) is 23.7 Å². The maximum absolute atomic E-state index is 13.0. The summed E-state index contributed by atoms with van der Waals surface area (Å²) >= 11 is 0. The Bertz CT molecular complexity index is 926. The SMILES string of the molecule is O=C(Cc1ccccc1)Oc1cccc(N2C(=O)[C@H]3[C@H]4CC[C@@H](C4)[C@@H]3C2=O)c1. The van der Waals surface area contributed by atoms with Gasteiger partial charge in [-0.25, -0.2) is 4.90 Å². The number of imide groups is 1. The molecule has 142 valence electrons. The van der Waals surface area contributed by atoms with Crippen LogP contribution in [0.15, 0.2) is 54.6 Å². The van der Waals surface area contributed by atoms with Crippen LogP contribution in [-0.2, 0) is 20.8 Å². The van der Waals surface area contributed by atoms with E-state index in [1.807, 2.05) is 30.3 Å². The van der Waals surface area contributed by atoms with Crippen molar-refractivity contribution in [1.82, 2.24) is 0 Å². The van der Waals surface area contributed by atoms with Crippen molar-refractivity contribution in [1.29, 1.82) is 0 Å². The number of ether oxygens (including phenoxy) is 1. The number of fused-ring (bicyclic) bond motifs is 5. The zero-order valence-corrected chi connectivity index (χ0v) is 15.4. The average Bonchev–Trinajstić information content (AvgIpc) is 3.36. The number of hydrogen-bond acceptors (Lipinski definition) is 4. The van der Waals surface area contributed by atoms with Gasteiger partial charge >= 0.3 is 5.97 Å². The van der Waals surface area contributed by atoms with Crippen LogP contribution >= 0.6 is 0 Å². The van der Waals surface area contributed by atoms with Gasteiger partial charge in [0.1, 0.15) is 5.75 Å². The monoisotopic (exact) mass is 375 g/mol. The first-order valence-electron chi connectivity index (χ1n) is 9.84. The van der Waals surface area contributed by atoms with Gasteiger partial charge in [0.15, 0.2) is 0 Å². The molecule has 4 atom stereocenters. The fourth-order valence-electron chi connectivity index (χ4n) is 5.28. The van der Waals surface area contributed by atoms with Crippen LogP contribution in [0.2, 0.25) is 0 Å². The topological polar surface area (TPSA) is 63.7 Å². The molecule has 0 radical (unpaired) electrons. The molecule has 1 saturated heterocycles. The Kier molecular flexibility index (Phi) is 4.04. The Morgan fingerprint density at radius 1 is 0.929 bits per heavy atom. The molecule has 1 aliphatic heterocycles. The molecule has 5 rings (SSSR count). The van der Waals surface area contributed by atoms with Gasteiger partial charge in [0.2, 0.25) is 11.8 Å². The summed E-state index contributed by atoms with van der Waals surface area (Å²) in [5.41, 5.74) is 1.37. The van der Waals surface area contributed by atoms with Crippen molar-refractivity contribution >= 4 is 23.5 Å².